The van der Waals surface area contributed by atoms with Gasteiger partial charge in [0.25, 0.3) is 0 Å². The van der Waals surface area contributed by atoms with E-state index in [1.54, 1.807) is 6.20 Å². The Morgan fingerprint density at radius 3 is 3.21 bits per heavy atom. The Labute approximate surface area is 91.2 Å². The standard InChI is InChI=1S/C11H11BrN2/c1-8(12)4-5-9-7-14-11-10(9)3-2-6-13-11/h2-8H,1H3,(H,13,14)/b5-4+. The number of rotatable bonds is 2. The zero-order chi connectivity index (χ0) is 9.97. The Morgan fingerprint density at radius 2 is 2.43 bits per heavy atom. The molecule has 0 fully saturated rings. The predicted molar refractivity (Wildman–Crippen MR) is 63.5 cm³/mol. The maximum Gasteiger partial charge on any atom is 0.137 e. The second-order valence-electron chi connectivity index (χ2n) is 3.18. The average Bonchev–Trinajstić information content (AvgIpc) is 2.58. The second kappa shape index (κ2) is 3.96. The summed E-state index contributed by atoms with van der Waals surface area (Å²) >= 11 is 3.47. The zero-order valence-electron chi connectivity index (χ0n) is 7.87. The molecule has 72 valence electrons. The highest BCUT2D eigenvalue weighted by atomic mass is 79.9. The summed E-state index contributed by atoms with van der Waals surface area (Å²) in [5, 5.41) is 1.16. The predicted octanol–water partition coefficient (Wildman–Crippen LogP) is 3.36. The van der Waals surface area contributed by atoms with E-state index in [4.69, 9.17) is 0 Å². The van der Waals surface area contributed by atoms with Crippen LogP contribution in [0.3, 0.4) is 0 Å². The molecule has 0 saturated carbocycles. The van der Waals surface area contributed by atoms with E-state index in [0.29, 0.717) is 4.83 Å². The molecular weight excluding hydrogens is 240 g/mol. The molecule has 2 aromatic heterocycles. The van der Waals surface area contributed by atoms with Crippen LogP contribution < -0.4 is 0 Å². The maximum absolute atomic E-state index is 4.23. The normalized spacial score (nSPS) is 13.9. The Morgan fingerprint density at radius 1 is 1.57 bits per heavy atom. The SMILES string of the molecule is CC(Br)/C=C/c1c[nH]c2ncccc12. The van der Waals surface area contributed by atoms with Gasteiger partial charge < -0.3 is 4.98 Å². The van der Waals surface area contributed by atoms with Gasteiger partial charge >= 0.3 is 0 Å². The number of aromatic amines is 1. The quantitative estimate of drug-likeness (QED) is 0.814. The molecule has 0 saturated heterocycles. The lowest BCUT2D eigenvalue weighted by Gasteiger charge is -1.92. The summed E-state index contributed by atoms with van der Waals surface area (Å²) in [5.74, 6) is 0. The minimum atomic E-state index is 0.393. The molecule has 1 atom stereocenters. The highest BCUT2D eigenvalue weighted by Gasteiger charge is 1.99. The van der Waals surface area contributed by atoms with Crippen LogP contribution in [0.5, 0.6) is 0 Å². The Kier molecular flexibility index (Phi) is 2.68. The average molecular weight is 251 g/mol. The molecule has 14 heavy (non-hydrogen) atoms. The largest absolute Gasteiger partial charge is 0.346 e. The summed E-state index contributed by atoms with van der Waals surface area (Å²) in [7, 11) is 0. The fourth-order valence-electron chi connectivity index (χ4n) is 1.35. The third-order valence-corrected chi connectivity index (χ3v) is 2.33. The fourth-order valence-corrected chi connectivity index (χ4v) is 1.50. The maximum atomic E-state index is 4.23. The summed E-state index contributed by atoms with van der Waals surface area (Å²) < 4.78 is 0. The van der Waals surface area contributed by atoms with E-state index in [1.165, 1.54) is 5.56 Å². The van der Waals surface area contributed by atoms with Crippen molar-refractivity contribution in [1.82, 2.24) is 9.97 Å². The molecule has 2 nitrogen and oxygen atoms in total. The Hall–Kier alpha value is -1.09. The van der Waals surface area contributed by atoms with E-state index < -0.39 is 0 Å². The lowest BCUT2D eigenvalue weighted by molar-refractivity contribution is 1.28. The van der Waals surface area contributed by atoms with Gasteiger partial charge in [-0.3, -0.25) is 0 Å². The van der Waals surface area contributed by atoms with Crippen LogP contribution >= 0.6 is 15.9 Å². The summed E-state index contributed by atoms with van der Waals surface area (Å²) in [4.78, 5) is 7.75. The van der Waals surface area contributed by atoms with Gasteiger partial charge in [0.05, 0.1) is 0 Å². The second-order valence-corrected chi connectivity index (χ2v) is 4.62. The molecule has 0 aliphatic heterocycles. The van der Waals surface area contributed by atoms with Crippen molar-refractivity contribution in [3.05, 3.63) is 36.2 Å². The van der Waals surface area contributed by atoms with Crippen LogP contribution in [-0.4, -0.2) is 14.8 Å². The lowest BCUT2D eigenvalue weighted by atomic mass is 10.2. The van der Waals surface area contributed by atoms with Gasteiger partial charge in [-0.25, -0.2) is 4.98 Å². The van der Waals surface area contributed by atoms with E-state index in [-0.39, 0.29) is 0 Å². The van der Waals surface area contributed by atoms with Crippen molar-refractivity contribution >= 4 is 33.0 Å². The van der Waals surface area contributed by atoms with Crippen molar-refractivity contribution in [1.29, 1.82) is 0 Å². The third kappa shape index (κ3) is 1.87. The number of alkyl halides is 1. The molecule has 1 N–H and O–H groups in total. The van der Waals surface area contributed by atoms with E-state index in [0.717, 1.165) is 11.0 Å². The summed E-state index contributed by atoms with van der Waals surface area (Å²) in [6.45, 7) is 2.09. The van der Waals surface area contributed by atoms with Crippen molar-refractivity contribution in [2.24, 2.45) is 0 Å². The summed E-state index contributed by atoms with van der Waals surface area (Å²) in [5.41, 5.74) is 2.12. The smallest absolute Gasteiger partial charge is 0.137 e. The topological polar surface area (TPSA) is 28.7 Å². The number of allylic oxidation sites excluding steroid dienone is 1. The molecular formula is C11H11BrN2. The highest BCUT2D eigenvalue weighted by molar-refractivity contribution is 9.09. The van der Waals surface area contributed by atoms with E-state index in [9.17, 15) is 0 Å². The van der Waals surface area contributed by atoms with Gasteiger partial charge in [0.15, 0.2) is 0 Å². The van der Waals surface area contributed by atoms with Crippen molar-refractivity contribution in [3.63, 3.8) is 0 Å². The van der Waals surface area contributed by atoms with Gasteiger partial charge in [-0.2, -0.15) is 0 Å². The van der Waals surface area contributed by atoms with Crippen molar-refractivity contribution < 1.29 is 0 Å². The fraction of sp³-hybridized carbons (Fsp3) is 0.182. The number of H-pyrrole nitrogens is 1. The number of hydrogen-bond acceptors (Lipinski definition) is 1. The number of pyridine rings is 1. The van der Waals surface area contributed by atoms with E-state index in [2.05, 4.69) is 51.0 Å². The number of nitrogens with zero attached hydrogens (tertiary/aromatic N) is 1. The number of hydrogen-bond donors (Lipinski definition) is 1. The molecule has 0 aliphatic carbocycles. The molecule has 0 spiro atoms. The van der Waals surface area contributed by atoms with Gasteiger partial charge in [0, 0.05) is 28.2 Å². The monoisotopic (exact) mass is 250 g/mol. The van der Waals surface area contributed by atoms with Gasteiger partial charge in [0.1, 0.15) is 5.65 Å². The van der Waals surface area contributed by atoms with Gasteiger partial charge in [-0.05, 0) is 19.1 Å². The minimum Gasteiger partial charge on any atom is -0.346 e. The first-order valence-corrected chi connectivity index (χ1v) is 5.43. The zero-order valence-corrected chi connectivity index (χ0v) is 9.45. The first-order valence-electron chi connectivity index (χ1n) is 4.52. The number of fused-ring (bicyclic) bond motifs is 1. The molecule has 3 heteroatoms. The van der Waals surface area contributed by atoms with Crippen LogP contribution in [-0.2, 0) is 0 Å². The number of aromatic nitrogens is 2. The lowest BCUT2D eigenvalue weighted by Crippen LogP contribution is -1.79. The van der Waals surface area contributed by atoms with Crippen LogP contribution in [0.4, 0.5) is 0 Å². The molecule has 0 amide bonds. The Bertz CT molecular complexity index is 457. The number of halogens is 1. The summed E-state index contributed by atoms with van der Waals surface area (Å²) in [6.07, 6.45) is 7.97. The van der Waals surface area contributed by atoms with E-state index in [1.807, 2.05) is 12.3 Å². The minimum absolute atomic E-state index is 0.393. The van der Waals surface area contributed by atoms with Crippen LogP contribution in [0.1, 0.15) is 12.5 Å². The van der Waals surface area contributed by atoms with Gasteiger partial charge in [0.2, 0.25) is 0 Å². The molecule has 2 heterocycles. The first-order chi connectivity index (χ1) is 6.77. The molecule has 0 aliphatic rings. The first kappa shape index (κ1) is 9.46. The van der Waals surface area contributed by atoms with Crippen LogP contribution in [0.15, 0.2) is 30.6 Å². The van der Waals surface area contributed by atoms with Gasteiger partial charge in [-0.15, -0.1) is 0 Å². The van der Waals surface area contributed by atoms with Crippen LogP contribution in [0, 0.1) is 0 Å². The van der Waals surface area contributed by atoms with Crippen LogP contribution in [0.2, 0.25) is 0 Å². The summed E-state index contributed by atoms with van der Waals surface area (Å²) in [6, 6.07) is 4.02. The molecule has 0 aromatic carbocycles. The molecule has 2 aromatic rings. The van der Waals surface area contributed by atoms with Crippen molar-refractivity contribution in [2.45, 2.75) is 11.8 Å². The third-order valence-electron chi connectivity index (χ3n) is 2.02. The van der Waals surface area contributed by atoms with E-state index >= 15 is 0 Å². The highest BCUT2D eigenvalue weighted by Crippen LogP contribution is 2.17. The van der Waals surface area contributed by atoms with Crippen molar-refractivity contribution in [2.75, 3.05) is 0 Å². The number of nitrogens with one attached hydrogen (secondary N) is 1. The molecule has 0 bridgehead atoms. The Balaban J connectivity index is 2.43. The molecule has 1 unspecified atom stereocenters. The molecule has 0 radical (unpaired) electrons. The van der Waals surface area contributed by atoms with Crippen molar-refractivity contribution in [3.8, 4) is 0 Å². The van der Waals surface area contributed by atoms with Crippen LogP contribution in [0.25, 0.3) is 17.1 Å². The van der Waals surface area contributed by atoms with Gasteiger partial charge in [-0.1, -0.05) is 28.1 Å². The molecule has 2 rings (SSSR count).